The van der Waals surface area contributed by atoms with E-state index in [4.69, 9.17) is 4.74 Å². The Morgan fingerprint density at radius 3 is 2.55 bits per heavy atom. The zero-order valence-corrected chi connectivity index (χ0v) is 19.4. The number of hydrogen-bond acceptors (Lipinski definition) is 3. The molecule has 29 heavy (non-hydrogen) atoms. The predicted octanol–water partition coefficient (Wildman–Crippen LogP) is 6.06. The molecule has 0 aromatic heterocycles. The van der Waals surface area contributed by atoms with Gasteiger partial charge in [-0.25, -0.2) is 0 Å². The van der Waals surface area contributed by atoms with Gasteiger partial charge in [0.1, 0.15) is 0 Å². The first-order valence-electron chi connectivity index (χ1n) is 11.1. The van der Waals surface area contributed by atoms with E-state index in [0.717, 1.165) is 31.3 Å². The van der Waals surface area contributed by atoms with Crippen molar-refractivity contribution in [3.05, 3.63) is 35.5 Å². The second kappa shape index (κ2) is 7.25. The van der Waals surface area contributed by atoms with Crippen LogP contribution < -0.4 is 0 Å². The maximum Gasteiger partial charge on any atom is 0.305 e. The molecule has 1 saturated carbocycles. The number of carbonyl (C=O) groups excluding carboxylic acids is 2. The fraction of sp³-hybridized carbons (Fsp3) is 0.692. The van der Waals surface area contributed by atoms with Crippen molar-refractivity contribution in [1.29, 1.82) is 0 Å². The third kappa shape index (κ3) is 3.25. The van der Waals surface area contributed by atoms with Crippen molar-refractivity contribution in [2.75, 3.05) is 7.11 Å². The van der Waals surface area contributed by atoms with Crippen LogP contribution in [0.2, 0.25) is 0 Å². The summed E-state index contributed by atoms with van der Waals surface area (Å²) in [6.07, 6.45) is 9.06. The Morgan fingerprint density at radius 1 is 1.28 bits per heavy atom. The van der Waals surface area contributed by atoms with Crippen LogP contribution in [0, 0.1) is 34.0 Å². The topological polar surface area (TPSA) is 43.4 Å². The highest BCUT2D eigenvalue weighted by Crippen LogP contribution is 2.67. The second-order valence-corrected chi connectivity index (χ2v) is 10.7. The molecule has 0 aromatic rings. The van der Waals surface area contributed by atoms with Gasteiger partial charge in [0.15, 0.2) is 5.78 Å². The van der Waals surface area contributed by atoms with Crippen LogP contribution in [0.3, 0.4) is 0 Å². The Hall–Kier alpha value is -1.64. The Labute approximate surface area is 176 Å². The number of fused-ring (bicyclic) bond motifs is 3. The molecule has 3 unspecified atom stereocenters. The quantitative estimate of drug-likeness (QED) is 0.541. The van der Waals surface area contributed by atoms with Crippen molar-refractivity contribution in [3.8, 4) is 0 Å². The van der Waals surface area contributed by atoms with Crippen molar-refractivity contribution >= 4 is 11.8 Å². The summed E-state index contributed by atoms with van der Waals surface area (Å²) in [7, 11) is 1.46. The van der Waals surface area contributed by atoms with Crippen LogP contribution in [0.5, 0.6) is 0 Å². The largest absolute Gasteiger partial charge is 0.469 e. The minimum Gasteiger partial charge on any atom is -0.469 e. The van der Waals surface area contributed by atoms with Crippen LogP contribution >= 0.6 is 0 Å². The zero-order valence-electron chi connectivity index (χ0n) is 19.4. The number of esters is 1. The van der Waals surface area contributed by atoms with Gasteiger partial charge in [-0.05, 0) is 61.3 Å². The van der Waals surface area contributed by atoms with Crippen LogP contribution in [0.15, 0.2) is 35.5 Å². The van der Waals surface area contributed by atoms with E-state index in [1.54, 1.807) is 0 Å². The first-order chi connectivity index (χ1) is 13.4. The molecule has 3 rings (SSSR count). The lowest BCUT2D eigenvalue weighted by molar-refractivity contribution is -0.140. The van der Waals surface area contributed by atoms with Gasteiger partial charge < -0.3 is 4.74 Å². The van der Waals surface area contributed by atoms with E-state index in [9.17, 15) is 9.59 Å². The van der Waals surface area contributed by atoms with E-state index >= 15 is 0 Å². The molecule has 3 aliphatic rings. The highest BCUT2D eigenvalue weighted by Gasteiger charge is 2.60. The lowest BCUT2D eigenvalue weighted by Crippen LogP contribution is -2.55. The van der Waals surface area contributed by atoms with E-state index in [2.05, 4.69) is 53.3 Å². The average molecular weight is 399 g/mol. The third-order valence-electron chi connectivity index (χ3n) is 8.66. The van der Waals surface area contributed by atoms with Gasteiger partial charge in [0.2, 0.25) is 0 Å². The summed E-state index contributed by atoms with van der Waals surface area (Å²) >= 11 is 0. The minimum absolute atomic E-state index is 0.0647. The molecular formula is C26H38O3. The van der Waals surface area contributed by atoms with Crippen LogP contribution in [-0.2, 0) is 14.3 Å². The molecule has 5 atom stereocenters. The summed E-state index contributed by atoms with van der Waals surface area (Å²) in [6, 6.07) is 0. The normalized spacial score (nSPS) is 38.5. The van der Waals surface area contributed by atoms with Gasteiger partial charge in [-0.3, -0.25) is 9.59 Å². The Balaban J connectivity index is 2.03. The minimum atomic E-state index is -0.347. The maximum absolute atomic E-state index is 12.9. The van der Waals surface area contributed by atoms with Gasteiger partial charge in [0.05, 0.1) is 7.11 Å². The van der Waals surface area contributed by atoms with Gasteiger partial charge in [0.25, 0.3) is 0 Å². The molecule has 160 valence electrons. The van der Waals surface area contributed by atoms with E-state index in [1.807, 2.05) is 6.92 Å². The standard InChI is InChI=1S/C26H38O3/c1-16-14-21-25(6,19(18(16)3)10-9-11-22(27)29-8)13-12-20-24(4,5)23(28)17(2)15-26(20,21)7/h14-15,18-20H,1,9-13H2,2-8H3/t18-,19+,20?,25?,26?/m0/s1. The lowest BCUT2D eigenvalue weighted by Gasteiger charge is -2.61. The number of rotatable bonds is 4. The van der Waals surface area contributed by atoms with Crippen LogP contribution in [0.4, 0.5) is 0 Å². The number of allylic oxidation sites excluding steroid dienone is 5. The van der Waals surface area contributed by atoms with E-state index in [1.165, 1.54) is 18.3 Å². The first-order valence-corrected chi connectivity index (χ1v) is 11.1. The second-order valence-electron chi connectivity index (χ2n) is 10.7. The van der Waals surface area contributed by atoms with Gasteiger partial charge in [0, 0.05) is 17.3 Å². The molecule has 1 fully saturated rings. The van der Waals surface area contributed by atoms with E-state index in [0.29, 0.717) is 30.0 Å². The van der Waals surface area contributed by atoms with Gasteiger partial charge in [-0.2, -0.15) is 0 Å². The fourth-order valence-corrected chi connectivity index (χ4v) is 7.12. The monoisotopic (exact) mass is 398 g/mol. The number of Topliss-reactive ketones (excluding diaryl/α,β-unsaturated/α-hetero) is 1. The zero-order chi connectivity index (χ0) is 21.8. The lowest BCUT2D eigenvalue weighted by atomic mass is 9.42. The van der Waals surface area contributed by atoms with Crippen LogP contribution in [-0.4, -0.2) is 18.9 Å². The highest BCUT2D eigenvalue weighted by molar-refractivity contribution is 6.00. The molecule has 3 nitrogen and oxygen atoms in total. The summed E-state index contributed by atoms with van der Waals surface area (Å²) < 4.78 is 4.84. The molecule has 3 heteroatoms. The first kappa shape index (κ1) is 22.1. The van der Waals surface area contributed by atoms with Gasteiger partial charge in [-0.1, -0.05) is 64.5 Å². The number of methoxy groups -OCH3 is 1. The fourth-order valence-electron chi connectivity index (χ4n) is 7.12. The maximum atomic E-state index is 12.9. The van der Waals surface area contributed by atoms with Crippen LogP contribution in [0.25, 0.3) is 0 Å². The molecule has 0 amide bonds. The third-order valence-corrected chi connectivity index (χ3v) is 8.66. The summed E-state index contributed by atoms with van der Waals surface area (Å²) in [5.41, 5.74) is 3.12. The molecule has 0 N–H and O–H groups in total. The molecule has 0 saturated heterocycles. The summed E-state index contributed by atoms with van der Waals surface area (Å²) in [5.74, 6) is 1.32. The van der Waals surface area contributed by atoms with Crippen molar-refractivity contribution in [2.24, 2.45) is 34.0 Å². The van der Waals surface area contributed by atoms with E-state index in [-0.39, 0.29) is 22.2 Å². The SMILES string of the molecule is C=C1C=C2C3(C)C=C(C)C(=O)C(C)(C)C3CCC2(C)[C@H](CCCC(=O)OC)[C@H]1C. The predicted molar refractivity (Wildman–Crippen MR) is 117 cm³/mol. The molecule has 0 spiro atoms. The number of hydrogen-bond donors (Lipinski definition) is 0. The van der Waals surface area contributed by atoms with E-state index < -0.39 is 0 Å². The Kier molecular flexibility index (Phi) is 5.51. The smallest absolute Gasteiger partial charge is 0.305 e. The number of ketones is 1. The molecule has 0 aromatic carbocycles. The number of ether oxygens (including phenoxy) is 1. The Bertz CT molecular complexity index is 799. The molecule has 0 bridgehead atoms. The van der Waals surface area contributed by atoms with Crippen LogP contribution in [0.1, 0.15) is 73.6 Å². The molecule has 0 aliphatic heterocycles. The Morgan fingerprint density at radius 2 is 1.93 bits per heavy atom. The van der Waals surface area contributed by atoms with Crippen molar-refractivity contribution in [3.63, 3.8) is 0 Å². The van der Waals surface area contributed by atoms with Crippen molar-refractivity contribution in [2.45, 2.75) is 73.6 Å². The summed E-state index contributed by atoms with van der Waals surface area (Å²) in [4.78, 5) is 24.6. The summed E-state index contributed by atoms with van der Waals surface area (Å²) in [6.45, 7) is 17.7. The van der Waals surface area contributed by atoms with Gasteiger partial charge in [-0.15, -0.1) is 0 Å². The molecule has 0 heterocycles. The average Bonchev–Trinajstić information content (AvgIpc) is 2.64. The van der Waals surface area contributed by atoms with Gasteiger partial charge >= 0.3 is 5.97 Å². The molecule has 0 radical (unpaired) electrons. The summed E-state index contributed by atoms with van der Waals surface area (Å²) in [5, 5.41) is 0. The van der Waals surface area contributed by atoms with Crippen molar-refractivity contribution < 1.29 is 14.3 Å². The van der Waals surface area contributed by atoms with Crippen molar-refractivity contribution in [1.82, 2.24) is 0 Å². The molecule has 3 aliphatic carbocycles. The molecular weight excluding hydrogens is 360 g/mol. The highest BCUT2D eigenvalue weighted by atomic mass is 16.5. The number of carbonyl (C=O) groups is 2.